The SMILES string of the molecule is COc1ccc(-c2ccc(S(C)=O)cc2)cc1CN(C(=O)c1sc2c(F)ccc(F)c2c1Cl)C1CCC(N(C)C(=O)O)CC1. The van der Waals surface area contributed by atoms with E-state index in [0.29, 0.717) is 41.9 Å². The zero-order valence-corrected chi connectivity index (χ0v) is 26.7. The summed E-state index contributed by atoms with van der Waals surface area (Å²) in [5.41, 5.74) is 2.45. The van der Waals surface area contributed by atoms with Crippen molar-refractivity contribution in [2.75, 3.05) is 20.4 Å². The molecule has 12 heteroatoms. The minimum absolute atomic E-state index is 0.0267. The summed E-state index contributed by atoms with van der Waals surface area (Å²) in [7, 11) is 1.96. The molecular weight excluding hydrogens is 630 g/mol. The first-order valence-corrected chi connectivity index (χ1v) is 16.7. The Morgan fingerprint density at radius 2 is 1.61 bits per heavy atom. The zero-order chi connectivity index (χ0) is 31.7. The summed E-state index contributed by atoms with van der Waals surface area (Å²) < 4.78 is 46.9. The molecule has 0 bridgehead atoms. The number of amides is 2. The average molecular weight is 661 g/mol. The van der Waals surface area contributed by atoms with Gasteiger partial charge in [-0.1, -0.05) is 29.8 Å². The van der Waals surface area contributed by atoms with E-state index in [2.05, 4.69) is 0 Å². The fourth-order valence-electron chi connectivity index (χ4n) is 5.75. The van der Waals surface area contributed by atoms with Crippen LogP contribution in [0.5, 0.6) is 5.75 Å². The van der Waals surface area contributed by atoms with Crippen LogP contribution in [0, 0.1) is 11.6 Å². The van der Waals surface area contributed by atoms with Crippen LogP contribution in [0.15, 0.2) is 59.5 Å². The second-order valence-electron chi connectivity index (χ2n) is 10.8. The topological polar surface area (TPSA) is 87.2 Å². The highest BCUT2D eigenvalue weighted by Crippen LogP contribution is 2.41. The van der Waals surface area contributed by atoms with E-state index in [1.165, 1.54) is 19.1 Å². The van der Waals surface area contributed by atoms with Crippen molar-refractivity contribution in [1.29, 1.82) is 0 Å². The Morgan fingerprint density at radius 1 is 1.00 bits per heavy atom. The number of carbonyl (C=O) groups is 2. The summed E-state index contributed by atoms with van der Waals surface area (Å²) >= 11 is 7.37. The van der Waals surface area contributed by atoms with Crippen LogP contribution in [0.4, 0.5) is 13.6 Å². The maximum absolute atomic E-state index is 14.7. The van der Waals surface area contributed by atoms with Crippen molar-refractivity contribution in [3.63, 3.8) is 0 Å². The summed E-state index contributed by atoms with van der Waals surface area (Å²) in [6.45, 7) is 0.118. The third-order valence-corrected chi connectivity index (χ3v) is 10.8. The highest BCUT2D eigenvalue weighted by atomic mass is 35.5. The van der Waals surface area contributed by atoms with Crippen molar-refractivity contribution >= 4 is 55.8 Å². The highest BCUT2D eigenvalue weighted by Gasteiger charge is 2.35. The first kappa shape index (κ1) is 31.9. The summed E-state index contributed by atoms with van der Waals surface area (Å²) in [5, 5.41) is 9.21. The molecule has 1 aliphatic carbocycles. The van der Waals surface area contributed by atoms with Gasteiger partial charge in [0.1, 0.15) is 22.3 Å². The number of carbonyl (C=O) groups excluding carboxylic acids is 1. The van der Waals surface area contributed by atoms with Gasteiger partial charge in [0.15, 0.2) is 0 Å². The molecule has 2 amide bonds. The zero-order valence-electron chi connectivity index (χ0n) is 24.3. The first-order chi connectivity index (χ1) is 21.0. The molecule has 5 rings (SSSR count). The summed E-state index contributed by atoms with van der Waals surface area (Å²) in [6, 6.07) is 14.5. The fourth-order valence-corrected chi connectivity index (χ4v) is 7.77. The predicted molar refractivity (Wildman–Crippen MR) is 169 cm³/mol. The molecule has 0 radical (unpaired) electrons. The summed E-state index contributed by atoms with van der Waals surface area (Å²) in [4.78, 5) is 29.5. The lowest BCUT2D eigenvalue weighted by molar-refractivity contribution is 0.0555. The van der Waals surface area contributed by atoms with Crippen LogP contribution in [0.2, 0.25) is 5.02 Å². The van der Waals surface area contributed by atoms with Crippen molar-refractivity contribution in [3.05, 3.63) is 81.7 Å². The molecule has 0 spiro atoms. The van der Waals surface area contributed by atoms with Gasteiger partial charge in [0, 0.05) is 53.2 Å². The van der Waals surface area contributed by atoms with Gasteiger partial charge < -0.3 is 19.6 Å². The van der Waals surface area contributed by atoms with Crippen molar-refractivity contribution in [2.45, 2.75) is 49.2 Å². The Bertz CT molecular complexity index is 1740. The lowest BCUT2D eigenvalue weighted by Crippen LogP contribution is -2.46. The van der Waals surface area contributed by atoms with Gasteiger partial charge in [-0.05, 0) is 73.2 Å². The fraction of sp³-hybridized carbons (Fsp3) is 0.312. The molecule has 0 saturated heterocycles. The Balaban J connectivity index is 1.53. The van der Waals surface area contributed by atoms with E-state index in [-0.39, 0.29) is 38.6 Å². The molecule has 1 N–H and O–H groups in total. The number of methoxy groups -OCH3 is 1. The van der Waals surface area contributed by atoms with Gasteiger partial charge in [0.2, 0.25) is 0 Å². The number of thiophene rings is 1. The number of halogens is 3. The van der Waals surface area contributed by atoms with Crippen molar-refractivity contribution in [1.82, 2.24) is 9.80 Å². The normalized spacial score (nSPS) is 17.3. The van der Waals surface area contributed by atoms with Crippen LogP contribution < -0.4 is 4.74 Å². The second-order valence-corrected chi connectivity index (χ2v) is 13.6. The van der Waals surface area contributed by atoms with E-state index >= 15 is 0 Å². The van der Waals surface area contributed by atoms with E-state index in [9.17, 15) is 27.7 Å². The number of ether oxygens (including phenoxy) is 1. The monoisotopic (exact) mass is 660 g/mol. The molecule has 0 aliphatic heterocycles. The Kier molecular flexibility index (Phi) is 9.57. The molecule has 1 aliphatic rings. The predicted octanol–water partition coefficient (Wildman–Crippen LogP) is 7.81. The van der Waals surface area contributed by atoms with Gasteiger partial charge in [-0.15, -0.1) is 11.3 Å². The molecule has 7 nitrogen and oxygen atoms in total. The van der Waals surface area contributed by atoms with Gasteiger partial charge in [0.05, 0.1) is 22.2 Å². The smallest absolute Gasteiger partial charge is 0.407 e. The molecule has 3 aromatic carbocycles. The van der Waals surface area contributed by atoms with Crippen LogP contribution in [-0.2, 0) is 17.3 Å². The minimum atomic E-state index is -1.11. The number of benzene rings is 3. The number of nitrogens with zero attached hydrogens (tertiary/aromatic N) is 2. The minimum Gasteiger partial charge on any atom is -0.496 e. The van der Waals surface area contributed by atoms with Crippen LogP contribution in [0.3, 0.4) is 0 Å². The number of hydrogen-bond acceptors (Lipinski definition) is 5. The lowest BCUT2D eigenvalue weighted by atomic mass is 9.89. The average Bonchev–Trinajstić information content (AvgIpc) is 3.39. The van der Waals surface area contributed by atoms with Gasteiger partial charge >= 0.3 is 6.09 Å². The van der Waals surface area contributed by atoms with Crippen LogP contribution >= 0.6 is 22.9 Å². The number of carboxylic acid groups (broad SMARTS) is 1. The lowest BCUT2D eigenvalue weighted by Gasteiger charge is -2.39. The quantitative estimate of drug-likeness (QED) is 0.208. The molecular formula is C32H31ClF2N2O5S2. The second kappa shape index (κ2) is 13.2. The number of rotatable bonds is 8. The van der Waals surface area contributed by atoms with Gasteiger partial charge in [0.25, 0.3) is 5.91 Å². The molecule has 232 valence electrons. The third kappa shape index (κ3) is 6.31. The molecule has 4 aromatic rings. The molecule has 1 aromatic heterocycles. The van der Waals surface area contributed by atoms with Crippen molar-refractivity contribution in [2.24, 2.45) is 0 Å². The third-order valence-electron chi connectivity index (χ3n) is 8.23. The molecule has 1 atom stereocenters. The maximum atomic E-state index is 14.7. The Labute approximate surface area is 265 Å². The van der Waals surface area contributed by atoms with Gasteiger partial charge in [-0.3, -0.25) is 9.00 Å². The molecule has 1 heterocycles. The van der Waals surface area contributed by atoms with E-state index < -0.39 is 34.4 Å². The molecule has 1 fully saturated rings. The van der Waals surface area contributed by atoms with Crippen LogP contribution in [-0.4, -0.2) is 63.6 Å². The summed E-state index contributed by atoms with van der Waals surface area (Å²) in [5.74, 6) is -1.29. The van der Waals surface area contributed by atoms with E-state index in [1.807, 2.05) is 30.3 Å². The number of fused-ring (bicyclic) bond motifs is 1. The van der Waals surface area contributed by atoms with Crippen LogP contribution in [0.25, 0.3) is 21.2 Å². The molecule has 1 unspecified atom stereocenters. The van der Waals surface area contributed by atoms with E-state index in [0.717, 1.165) is 34.6 Å². The molecule has 1 saturated carbocycles. The van der Waals surface area contributed by atoms with Crippen molar-refractivity contribution < 1.29 is 32.4 Å². The van der Waals surface area contributed by atoms with Gasteiger partial charge in [-0.25, -0.2) is 13.6 Å². The van der Waals surface area contributed by atoms with E-state index in [1.54, 1.807) is 23.3 Å². The number of hydrogen-bond donors (Lipinski definition) is 1. The highest BCUT2D eigenvalue weighted by molar-refractivity contribution is 7.84. The summed E-state index contributed by atoms with van der Waals surface area (Å²) in [6.07, 6.45) is 2.74. The van der Waals surface area contributed by atoms with E-state index in [4.69, 9.17) is 16.3 Å². The Morgan fingerprint density at radius 3 is 2.20 bits per heavy atom. The van der Waals surface area contributed by atoms with Crippen molar-refractivity contribution in [3.8, 4) is 16.9 Å². The Hall–Kier alpha value is -3.54. The maximum Gasteiger partial charge on any atom is 0.407 e. The first-order valence-electron chi connectivity index (χ1n) is 13.9. The standard InChI is InChI=1S/C32H31ClF2N2O5S2/c1-36(32(39)40)21-7-9-22(10-8-21)37(31(38)30-28(33)27-24(34)13-14-25(35)29(27)43-30)17-20-16-19(6-15-26(20)42-2)18-4-11-23(12-5-18)44(3)41/h4-6,11-16,21-22H,7-10,17H2,1-3H3,(H,39,40). The van der Waals surface area contributed by atoms with Crippen LogP contribution in [0.1, 0.15) is 40.9 Å². The van der Waals surface area contributed by atoms with Gasteiger partial charge in [-0.2, -0.15) is 0 Å². The molecule has 44 heavy (non-hydrogen) atoms. The largest absolute Gasteiger partial charge is 0.496 e.